The Morgan fingerprint density at radius 1 is 1.24 bits per heavy atom. The molecule has 1 aromatic heterocycles. The summed E-state index contributed by atoms with van der Waals surface area (Å²) in [5.74, 6) is -0.202. The Hall–Kier alpha value is -4.49. The Balaban J connectivity index is 1.34. The van der Waals surface area contributed by atoms with Crippen molar-refractivity contribution in [3.63, 3.8) is 0 Å². The predicted molar refractivity (Wildman–Crippen MR) is 137 cm³/mol. The zero-order valence-electron chi connectivity index (χ0n) is 20.6. The van der Waals surface area contributed by atoms with Crippen molar-refractivity contribution in [2.24, 2.45) is 5.92 Å². The van der Waals surface area contributed by atoms with Gasteiger partial charge < -0.3 is 25.6 Å². The molecule has 2 aromatic carbocycles. The maximum absolute atomic E-state index is 13.4. The molecule has 10 nitrogen and oxygen atoms in total. The zero-order valence-corrected chi connectivity index (χ0v) is 20.6. The van der Waals surface area contributed by atoms with Gasteiger partial charge in [-0.2, -0.15) is 10.4 Å². The van der Waals surface area contributed by atoms with Crippen molar-refractivity contribution >= 4 is 23.4 Å². The molecule has 1 fully saturated rings. The van der Waals surface area contributed by atoms with Crippen LogP contribution in [-0.4, -0.2) is 38.9 Å². The minimum Gasteiger partial charge on any atom is -0.493 e. The van der Waals surface area contributed by atoms with Crippen LogP contribution in [0.2, 0.25) is 0 Å². The molecule has 10 heteroatoms. The van der Waals surface area contributed by atoms with Crippen molar-refractivity contribution < 1.29 is 24.5 Å². The van der Waals surface area contributed by atoms with Crippen LogP contribution in [0.3, 0.4) is 0 Å². The largest absolute Gasteiger partial charge is 0.493 e. The number of nitriles is 1. The van der Waals surface area contributed by atoms with E-state index in [9.17, 15) is 20.0 Å². The van der Waals surface area contributed by atoms with E-state index in [4.69, 9.17) is 9.84 Å². The van der Waals surface area contributed by atoms with E-state index in [1.807, 2.05) is 12.1 Å². The number of aliphatic hydroxyl groups is 1. The molecule has 3 atom stereocenters. The molecule has 1 aliphatic carbocycles. The lowest BCUT2D eigenvalue weighted by Crippen LogP contribution is -2.27. The number of anilines is 2. The van der Waals surface area contributed by atoms with E-state index in [1.165, 1.54) is 0 Å². The molecule has 2 aliphatic rings. The van der Waals surface area contributed by atoms with Gasteiger partial charge in [-0.15, -0.1) is 5.10 Å². The summed E-state index contributed by atoms with van der Waals surface area (Å²) in [5.41, 5.74) is 2.84. The Kier molecular flexibility index (Phi) is 6.94. The van der Waals surface area contributed by atoms with Gasteiger partial charge in [0.15, 0.2) is 12.0 Å². The number of aliphatic hydroxyl groups excluding tert-OH is 1. The summed E-state index contributed by atoms with van der Waals surface area (Å²) in [6.45, 7) is 0.487. The van der Waals surface area contributed by atoms with E-state index in [0.717, 1.165) is 11.1 Å². The number of carboxylic acids is 1. The summed E-state index contributed by atoms with van der Waals surface area (Å²) in [6.07, 6.45) is 2.75. The number of rotatable bonds is 9. The van der Waals surface area contributed by atoms with E-state index in [1.54, 1.807) is 42.6 Å². The van der Waals surface area contributed by atoms with E-state index in [2.05, 4.69) is 26.9 Å². The molecule has 2 heterocycles. The Morgan fingerprint density at radius 3 is 2.87 bits per heavy atom. The third-order valence-corrected chi connectivity index (χ3v) is 7.24. The van der Waals surface area contributed by atoms with Crippen molar-refractivity contribution in [3.05, 3.63) is 77.0 Å². The molecule has 1 spiro atoms. The monoisotopic (exact) mass is 513 g/mol. The molecule has 4 N–H and O–H groups in total. The fourth-order valence-electron chi connectivity index (χ4n) is 5.17. The molecule has 0 saturated heterocycles. The van der Waals surface area contributed by atoms with Gasteiger partial charge in [-0.05, 0) is 67.6 Å². The van der Waals surface area contributed by atoms with Gasteiger partial charge >= 0.3 is 5.97 Å². The molecule has 1 saturated carbocycles. The van der Waals surface area contributed by atoms with Crippen molar-refractivity contribution in [1.29, 1.82) is 5.26 Å². The Morgan fingerprint density at radius 2 is 2.11 bits per heavy atom. The van der Waals surface area contributed by atoms with Crippen molar-refractivity contribution in [2.75, 3.05) is 17.2 Å². The highest BCUT2D eigenvalue weighted by Crippen LogP contribution is 2.61. The summed E-state index contributed by atoms with van der Waals surface area (Å²) >= 11 is 0. The second kappa shape index (κ2) is 10.5. The first-order chi connectivity index (χ1) is 18.4. The summed E-state index contributed by atoms with van der Waals surface area (Å²) < 4.78 is 5.87. The van der Waals surface area contributed by atoms with E-state index in [-0.39, 0.29) is 18.2 Å². The summed E-state index contributed by atoms with van der Waals surface area (Å²) in [6, 6.07) is 16.1. The number of carbonyl (C=O) groups is 2. The first kappa shape index (κ1) is 25.2. The van der Waals surface area contributed by atoms with Gasteiger partial charge in [0.2, 0.25) is 5.91 Å². The van der Waals surface area contributed by atoms with Gasteiger partial charge in [-0.25, -0.2) is 0 Å². The normalized spacial score (nSPS) is 19.9. The fourth-order valence-corrected chi connectivity index (χ4v) is 5.17. The number of benzene rings is 2. The number of hydrogen-bond donors (Lipinski definition) is 4. The van der Waals surface area contributed by atoms with Crippen LogP contribution in [0.15, 0.2) is 54.7 Å². The van der Waals surface area contributed by atoms with Crippen LogP contribution in [0.4, 0.5) is 11.5 Å². The first-order valence-corrected chi connectivity index (χ1v) is 12.4. The SMILES string of the molecule is N#Cc1ccc(CCCC(=O)O)c(NC(=O)[C@@H]2C[C@]23CCOc2ccc(C(O)Nc4cccnn4)cc23)c1. The van der Waals surface area contributed by atoms with Crippen LogP contribution >= 0.6 is 0 Å². The van der Waals surface area contributed by atoms with Gasteiger partial charge in [0, 0.05) is 40.8 Å². The van der Waals surface area contributed by atoms with Gasteiger partial charge in [-0.3, -0.25) is 9.59 Å². The van der Waals surface area contributed by atoms with Gasteiger partial charge in [0.1, 0.15) is 5.75 Å². The van der Waals surface area contributed by atoms with Crippen LogP contribution in [0.25, 0.3) is 0 Å². The molecular weight excluding hydrogens is 486 g/mol. The molecule has 1 amide bonds. The zero-order chi connectivity index (χ0) is 26.7. The number of amides is 1. The van der Waals surface area contributed by atoms with E-state index < -0.39 is 17.6 Å². The molecule has 3 aromatic rings. The Bertz CT molecular complexity index is 1410. The molecule has 38 heavy (non-hydrogen) atoms. The number of carbonyl (C=O) groups excluding carboxylic acids is 1. The minimum absolute atomic E-state index is 0.0236. The summed E-state index contributed by atoms with van der Waals surface area (Å²) in [7, 11) is 0. The van der Waals surface area contributed by atoms with Gasteiger partial charge in [0.25, 0.3) is 0 Å². The number of aliphatic carboxylic acids is 1. The molecule has 1 unspecified atom stereocenters. The number of fused-ring (bicyclic) bond motifs is 2. The van der Waals surface area contributed by atoms with Crippen molar-refractivity contribution in [3.8, 4) is 11.8 Å². The number of hydrogen-bond acceptors (Lipinski definition) is 8. The highest BCUT2D eigenvalue weighted by Gasteiger charge is 2.61. The van der Waals surface area contributed by atoms with Gasteiger partial charge in [0.05, 0.1) is 18.2 Å². The molecule has 5 rings (SSSR count). The third-order valence-electron chi connectivity index (χ3n) is 7.24. The lowest BCUT2D eigenvalue weighted by atomic mass is 9.86. The van der Waals surface area contributed by atoms with Crippen LogP contribution in [0.1, 0.15) is 54.2 Å². The number of aryl methyl sites for hydroxylation is 1. The van der Waals surface area contributed by atoms with Crippen molar-refractivity contribution in [1.82, 2.24) is 10.2 Å². The van der Waals surface area contributed by atoms with E-state index >= 15 is 0 Å². The smallest absolute Gasteiger partial charge is 0.303 e. The quantitative estimate of drug-likeness (QED) is 0.314. The van der Waals surface area contributed by atoms with Crippen LogP contribution in [0.5, 0.6) is 5.75 Å². The molecular formula is C28H27N5O5. The second-order valence-corrected chi connectivity index (χ2v) is 9.64. The van der Waals surface area contributed by atoms with Crippen LogP contribution in [0, 0.1) is 17.2 Å². The van der Waals surface area contributed by atoms with Crippen LogP contribution < -0.4 is 15.4 Å². The standard InChI is InChI=1S/C28H27N5O5/c29-16-17-6-7-18(3-1-5-25(34)35)22(13-17)31-27(37)21-15-28(21)10-12-38-23-9-8-19(14-20(23)28)26(36)32-24-4-2-11-30-33-24/h2,4,6-9,11,13-14,21,26,36H,1,3,5,10,12,15H2,(H,31,37)(H,32,33)(H,34,35)/t21-,26?,28-/m0/s1. The number of carboxylic acid groups (broad SMARTS) is 1. The molecule has 0 radical (unpaired) electrons. The van der Waals surface area contributed by atoms with Crippen LogP contribution in [-0.2, 0) is 21.4 Å². The lowest BCUT2D eigenvalue weighted by Gasteiger charge is -2.28. The molecule has 1 aliphatic heterocycles. The maximum atomic E-state index is 13.4. The first-order valence-electron chi connectivity index (χ1n) is 12.4. The number of nitrogens with zero attached hydrogens (tertiary/aromatic N) is 3. The molecule has 194 valence electrons. The minimum atomic E-state index is -1.02. The van der Waals surface area contributed by atoms with Gasteiger partial charge in [-0.1, -0.05) is 12.1 Å². The topological polar surface area (TPSA) is 157 Å². The molecule has 0 bridgehead atoms. The summed E-state index contributed by atoms with van der Waals surface area (Å²) in [4.78, 5) is 24.4. The average Bonchev–Trinajstić information content (AvgIpc) is 3.64. The highest BCUT2D eigenvalue weighted by atomic mass is 16.5. The average molecular weight is 514 g/mol. The lowest BCUT2D eigenvalue weighted by molar-refractivity contribution is -0.137. The number of aromatic nitrogens is 2. The second-order valence-electron chi connectivity index (χ2n) is 9.64. The fraction of sp³-hybridized carbons (Fsp3) is 0.321. The maximum Gasteiger partial charge on any atom is 0.303 e. The van der Waals surface area contributed by atoms with Crippen molar-refractivity contribution in [2.45, 2.75) is 43.7 Å². The third kappa shape index (κ3) is 5.14. The summed E-state index contributed by atoms with van der Waals surface area (Å²) in [5, 5.41) is 42.7. The highest BCUT2D eigenvalue weighted by molar-refractivity contribution is 5.97. The number of nitrogens with one attached hydrogen (secondary N) is 2. The predicted octanol–water partition coefficient (Wildman–Crippen LogP) is 3.54. The number of ether oxygens (including phenoxy) is 1. The Labute approximate surface area is 219 Å². The van der Waals surface area contributed by atoms with E-state index in [0.29, 0.717) is 60.7 Å².